The smallest absolute Gasteiger partial charge is 0.254 e. The van der Waals surface area contributed by atoms with Gasteiger partial charge in [0.15, 0.2) is 6.10 Å². The van der Waals surface area contributed by atoms with Gasteiger partial charge < -0.3 is 41.9 Å². The number of amides is 7. The van der Waals surface area contributed by atoms with E-state index >= 15 is 0 Å². The minimum absolute atomic E-state index is 0.00757. The molecule has 0 aromatic heterocycles. The SMILES string of the molecule is CC[C@@H](C)[C@H](NC(=O)[C@@H]1CCCN1C(=O)[C@@H](O)[C@H](Cc1ccccc1)NC(=O)[C@H](CC(=O)N(C)C)NC(=O)CCc1ccccc1)C(=O)N[C@H](C(N)=O)C(C)C. The standard InChI is InChI=1S/C41H59N7O8/c1-7-26(4)35(40(55)45-34(25(2)3)37(42)52)46-39(54)31-19-14-22-48(31)41(56)36(51)29(23-28-17-12-9-13-18-28)44-38(53)30(24-33(50)47(5)6)43-32(49)21-20-27-15-10-8-11-16-27/h8-13,15-18,25-26,29-31,34-36,51H,7,14,19-24H2,1-6H3,(H2,42,52)(H,43,49)(H,44,53)(H,45,55)(H,46,54)/t26-,29+,30+,31+,34+,35+,36+/m1/s1. The van der Waals surface area contributed by atoms with Crippen LogP contribution < -0.4 is 27.0 Å². The zero-order valence-electron chi connectivity index (χ0n) is 33.3. The number of carbonyl (C=O) groups is 7. The fourth-order valence-electron chi connectivity index (χ4n) is 6.53. The lowest BCUT2D eigenvalue weighted by molar-refractivity contribution is -0.148. The van der Waals surface area contributed by atoms with Gasteiger partial charge >= 0.3 is 0 Å². The molecule has 0 unspecified atom stereocenters. The van der Waals surface area contributed by atoms with E-state index in [-0.39, 0.29) is 44.1 Å². The van der Waals surface area contributed by atoms with Gasteiger partial charge in [0.1, 0.15) is 24.2 Å². The Hall–Kier alpha value is -5.31. The number of nitrogens with zero attached hydrogens (tertiary/aromatic N) is 2. The molecule has 0 bridgehead atoms. The summed E-state index contributed by atoms with van der Waals surface area (Å²) in [6.07, 6.45) is -0.513. The van der Waals surface area contributed by atoms with E-state index < -0.39 is 77.7 Å². The number of rotatable bonds is 20. The zero-order valence-corrected chi connectivity index (χ0v) is 33.3. The first-order valence-electron chi connectivity index (χ1n) is 19.3. The summed E-state index contributed by atoms with van der Waals surface area (Å²) < 4.78 is 0. The third kappa shape index (κ3) is 13.2. The van der Waals surface area contributed by atoms with Crippen LogP contribution in [-0.2, 0) is 46.4 Å². The van der Waals surface area contributed by atoms with Crippen molar-refractivity contribution in [2.24, 2.45) is 17.6 Å². The van der Waals surface area contributed by atoms with Crippen molar-refractivity contribution in [3.63, 3.8) is 0 Å². The summed E-state index contributed by atoms with van der Waals surface area (Å²) in [6.45, 7) is 7.24. The second-order valence-electron chi connectivity index (χ2n) is 15.0. The lowest BCUT2D eigenvalue weighted by atomic mass is 9.96. The highest BCUT2D eigenvalue weighted by Crippen LogP contribution is 2.22. The Balaban J connectivity index is 1.83. The molecular formula is C41H59N7O8. The van der Waals surface area contributed by atoms with Gasteiger partial charge in [-0.3, -0.25) is 33.6 Å². The Morgan fingerprint density at radius 3 is 2.00 bits per heavy atom. The van der Waals surface area contributed by atoms with E-state index in [0.29, 0.717) is 24.8 Å². The van der Waals surface area contributed by atoms with E-state index in [1.807, 2.05) is 37.3 Å². The van der Waals surface area contributed by atoms with Gasteiger partial charge in [-0.1, -0.05) is 94.8 Å². The summed E-state index contributed by atoms with van der Waals surface area (Å²) in [6, 6.07) is 12.6. The highest BCUT2D eigenvalue weighted by atomic mass is 16.3. The van der Waals surface area contributed by atoms with Crippen molar-refractivity contribution in [2.75, 3.05) is 20.6 Å². The van der Waals surface area contributed by atoms with Gasteiger partial charge in [-0.15, -0.1) is 0 Å². The van der Waals surface area contributed by atoms with E-state index in [9.17, 15) is 38.7 Å². The predicted molar refractivity (Wildman–Crippen MR) is 210 cm³/mol. The van der Waals surface area contributed by atoms with Crippen LogP contribution in [-0.4, -0.2) is 113 Å². The molecule has 7 N–H and O–H groups in total. The fourth-order valence-corrected chi connectivity index (χ4v) is 6.53. The third-order valence-electron chi connectivity index (χ3n) is 10.2. The van der Waals surface area contributed by atoms with E-state index in [1.165, 1.54) is 23.9 Å². The van der Waals surface area contributed by atoms with Crippen LogP contribution in [0.3, 0.4) is 0 Å². The second kappa shape index (κ2) is 21.7. The monoisotopic (exact) mass is 777 g/mol. The molecule has 0 radical (unpaired) electrons. The zero-order chi connectivity index (χ0) is 41.5. The van der Waals surface area contributed by atoms with Crippen molar-refractivity contribution in [1.82, 2.24) is 31.1 Å². The average Bonchev–Trinajstić information content (AvgIpc) is 3.67. The number of aliphatic hydroxyl groups excluding tert-OH is 1. The molecular weight excluding hydrogens is 718 g/mol. The molecule has 1 fully saturated rings. The normalized spacial score (nSPS) is 17.1. The van der Waals surface area contributed by atoms with Gasteiger partial charge in [-0.2, -0.15) is 0 Å². The van der Waals surface area contributed by atoms with Crippen LogP contribution in [0.5, 0.6) is 0 Å². The topological polar surface area (TPSA) is 220 Å². The summed E-state index contributed by atoms with van der Waals surface area (Å²) in [7, 11) is 3.05. The molecule has 306 valence electrons. The highest BCUT2D eigenvalue weighted by Gasteiger charge is 2.42. The van der Waals surface area contributed by atoms with Crippen molar-refractivity contribution in [2.45, 2.75) is 109 Å². The number of aliphatic hydroxyl groups is 1. The molecule has 0 spiro atoms. The number of hydrogen-bond donors (Lipinski definition) is 6. The average molecular weight is 778 g/mol. The lowest BCUT2D eigenvalue weighted by Crippen LogP contribution is -2.60. The highest BCUT2D eigenvalue weighted by molar-refractivity contribution is 5.96. The number of carbonyl (C=O) groups excluding carboxylic acids is 7. The number of benzene rings is 2. The van der Waals surface area contributed by atoms with Crippen molar-refractivity contribution in [3.05, 3.63) is 71.8 Å². The molecule has 1 aliphatic heterocycles. The number of likely N-dealkylation sites (tertiary alicyclic amines) is 1. The molecule has 7 atom stereocenters. The molecule has 1 aliphatic rings. The maximum Gasteiger partial charge on any atom is 0.254 e. The Bertz CT molecular complexity index is 1660. The summed E-state index contributed by atoms with van der Waals surface area (Å²) in [5.74, 6) is -4.98. The molecule has 0 saturated carbocycles. The maximum atomic E-state index is 14.1. The molecule has 1 heterocycles. The Morgan fingerprint density at radius 1 is 0.839 bits per heavy atom. The number of hydrogen-bond acceptors (Lipinski definition) is 8. The minimum atomic E-state index is -1.83. The minimum Gasteiger partial charge on any atom is -0.381 e. The van der Waals surface area contributed by atoms with Crippen molar-refractivity contribution in [3.8, 4) is 0 Å². The van der Waals surface area contributed by atoms with Crippen LogP contribution in [0.1, 0.15) is 70.9 Å². The van der Waals surface area contributed by atoms with Crippen LogP contribution in [0.2, 0.25) is 0 Å². The van der Waals surface area contributed by atoms with Gasteiger partial charge in [0.2, 0.25) is 35.4 Å². The first-order chi connectivity index (χ1) is 26.5. The largest absolute Gasteiger partial charge is 0.381 e. The van der Waals surface area contributed by atoms with Crippen molar-refractivity contribution in [1.29, 1.82) is 0 Å². The van der Waals surface area contributed by atoms with Crippen molar-refractivity contribution < 1.29 is 38.7 Å². The predicted octanol–water partition coefficient (Wildman–Crippen LogP) is 0.819. The summed E-state index contributed by atoms with van der Waals surface area (Å²) in [5.41, 5.74) is 7.12. The van der Waals surface area contributed by atoms with E-state index in [1.54, 1.807) is 51.1 Å². The van der Waals surface area contributed by atoms with E-state index in [0.717, 1.165) is 5.56 Å². The molecule has 7 amide bonds. The van der Waals surface area contributed by atoms with Crippen LogP contribution in [0.15, 0.2) is 60.7 Å². The molecule has 2 aromatic carbocycles. The second-order valence-corrected chi connectivity index (χ2v) is 15.0. The van der Waals surface area contributed by atoms with Gasteiger partial charge in [-0.25, -0.2) is 0 Å². The number of aryl methyl sites for hydroxylation is 1. The first-order valence-corrected chi connectivity index (χ1v) is 19.3. The Labute approximate surface area is 329 Å². The molecule has 3 rings (SSSR count). The number of primary amides is 1. The lowest BCUT2D eigenvalue weighted by Gasteiger charge is -2.32. The van der Waals surface area contributed by atoms with Gasteiger partial charge in [0.25, 0.3) is 5.91 Å². The number of nitrogens with two attached hydrogens (primary N) is 1. The van der Waals surface area contributed by atoms with Crippen LogP contribution >= 0.6 is 0 Å². The summed E-state index contributed by atoms with van der Waals surface area (Å²) >= 11 is 0. The van der Waals surface area contributed by atoms with Crippen LogP contribution in [0, 0.1) is 11.8 Å². The quantitative estimate of drug-likeness (QED) is 0.113. The molecule has 15 heteroatoms. The molecule has 15 nitrogen and oxygen atoms in total. The van der Waals surface area contributed by atoms with Crippen molar-refractivity contribution >= 4 is 41.4 Å². The van der Waals surface area contributed by atoms with Gasteiger partial charge in [-0.05, 0) is 48.6 Å². The van der Waals surface area contributed by atoms with E-state index in [4.69, 9.17) is 5.73 Å². The molecule has 1 saturated heterocycles. The maximum absolute atomic E-state index is 14.1. The third-order valence-corrected chi connectivity index (χ3v) is 10.2. The van der Waals surface area contributed by atoms with Gasteiger partial charge in [0.05, 0.1) is 12.5 Å². The fraction of sp³-hybridized carbons (Fsp3) is 0.537. The van der Waals surface area contributed by atoms with Gasteiger partial charge in [0, 0.05) is 27.1 Å². The molecule has 2 aromatic rings. The Morgan fingerprint density at radius 2 is 1.45 bits per heavy atom. The summed E-state index contributed by atoms with van der Waals surface area (Å²) in [4.78, 5) is 95.6. The van der Waals surface area contributed by atoms with Crippen LogP contribution in [0.25, 0.3) is 0 Å². The summed E-state index contributed by atoms with van der Waals surface area (Å²) in [5, 5.41) is 22.5. The van der Waals surface area contributed by atoms with Crippen LogP contribution in [0.4, 0.5) is 0 Å². The Kier molecular flexibility index (Phi) is 17.5. The van der Waals surface area contributed by atoms with E-state index in [2.05, 4.69) is 21.3 Å². The first kappa shape index (κ1) is 45.1. The molecule has 0 aliphatic carbocycles. The number of nitrogens with one attached hydrogen (secondary N) is 4. The molecule has 56 heavy (non-hydrogen) atoms.